The van der Waals surface area contributed by atoms with Gasteiger partial charge in [0.05, 0.1) is 11.1 Å². The Morgan fingerprint density at radius 3 is 2.08 bits per heavy atom. The van der Waals surface area contributed by atoms with Crippen LogP contribution in [0.5, 0.6) is 11.5 Å². The van der Waals surface area contributed by atoms with Gasteiger partial charge in [-0.2, -0.15) is 0 Å². The highest BCUT2D eigenvalue weighted by Gasteiger charge is 2.22. The van der Waals surface area contributed by atoms with Crippen molar-refractivity contribution >= 4 is 0 Å². The van der Waals surface area contributed by atoms with Crippen LogP contribution in [0.25, 0.3) is 33.7 Å². The largest absolute Gasteiger partial charge is 0.508 e. The van der Waals surface area contributed by atoms with Crippen LogP contribution in [-0.2, 0) is 0 Å². The van der Waals surface area contributed by atoms with E-state index in [1.165, 1.54) is 0 Å². The fourth-order valence-corrected chi connectivity index (χ4v) is 2.83. The van der Waals surface area contributed by atoms with Crippen LogP contribution in [0.4, 0.5) is 0 Å². The Morgan fingerprint density at radius 1 is 0.680 bits per heavy atom. The Morgan fingerprint density at radius 2 is 1.36 bits per heavy atom. The summed E-state index contributed by atoms with van der Waals surface area (Å²) in [7, 11) is 0. The molecule has 0 radical (unpaired) electrons. The molecule has 25 heavy (non-hydrogen) atoms. The average Bonchev–Trinajstić information content (AvgIpc) is 3.08. The molecular formula is C21H15NO3. The van der Waals surface area contributed by atoms with E-state index in [2.05, 4.69) is 5.16 Å². The third-order valence-electron chi connectivity index (χ3n) is 4.04. The molecule has 4 aromatic rings. The highest BCUT2D eigenvalue weighted by Crippen LogP contribution is 2.42. The van der Waals surface area contributed by atoms with Gasteiger partial charge >= 0.3 is 0 Å². The predicted octanol–water partition coefficient (Wildman–Crippen LogP) is 5.09. The van der Waals surface area contributed by atoms with Crippen molar-refractivity contribution in [2.24, 2.45) is 0 Å². The summed E-state index contributed by atoms with van der Waals surface area (Å²) in [4.78, 5) is 0. The molecule has 0 aliphatic heterocycles. The van der Waals surface area contributed by atoms with Crippen LogP contribution < -0.4 is 0 Å². The molecule has 4 heteroatoms. The monoisotopic (exact) mass is 329 g/mol. The van der Waals surface area contributed by atoms with Crippen LogP contribution in [-0.4, -0.2) is 15.4 Å². The lowest BCUT2D eigenvalue weighted by Crippen LogP contribution is -1.85. The number of para-hydroxylation sites is 1. The number of hydrogen-bond acceptors (Lipinski definition) is 4. The minimum absolute atomic E-state index is 0.132. The van der Waals surface area contributed by atoms with Gasteiger partial charge in [-0.3, -0.25) is 0 Å². The molecule has 0 saturated heterocycles. The molecule has 0 saturated carbocycles. The summed E-state index contributed by atoms with van der Waals surface area (Å²) in [5, 5.41) is 24.0. The van der Waals surface area contributed by atoms with Crippen LogP contribution >= 0.6 is 0 Å². The van der Waals surface area contributed by atoms with Gasteiger partial charge in [0.1, 0.15) is 17.2 Å². The average molecular weight is 329 g/mol. The maximum atomic E-state index is 10.2. The SMILES string of the molecule is Oc1ccc(-c2noc(-c3ccccc3O)c2-c2ccccc2)cc1. The minimum atomic E-state index is 0.132. The van der Waals surface area contributed by atoms with Crippen LogP contribution in [0, 0.1) is 0 Å². The molecule has 0 aliphatic rings. The summed E-state index contributed by atoms with van der Waals surface area (Å²) in [5.41, 5.74) is 3.79. The molecule has 0 bridgehead atoms. The van der Waals surface area contributed by atoms with Crippen molar-refractivity contribution in [3.8, 4) is 45.2 Å². The first-order chi connectivity index (χ1) is 12.2. The van der Waals surface area contributed by atoms with Crippen molar-refractivity contribution in [1.29, 1.82) is 0 Å². The fourth-order valence-electron chi connectivity index (χ4n) is 2.83. The van der Waals surface area contributed by atoms with Crippen molar-refractivity contribution in [2.75, 3.05) is 0 Å². The van der Waals surface area contributed by atoms with Gasteiger partial charge in [-0.1, -0.05) is 47.6 Å². The van der Waals surface area contributed by atoms with Crippen molar-refractivity contribution in [2.45, 2.75) is 0 Å². The second kappa shape index (κ2) is 6.17. The Labute approximate surface area is 144 Å². The van der Waals surface area contributed by atoms with Gasteiger partial charge in [0, 0.05) is 5.56 Å². The molecule has 3 aromatic carbocycles. The van der Waals surface area contributed by atoms with Gasteiger partial charge in [-0.15, -0.1) is 0 Å². The highest BCUT2D eigenvalue weighted by molar-refractivity contribution is 5.91. The first-order valence-corrected chi connectivity index (χ1v) is 7.87. The number of nitrogens with zero attached hydrogens (tertiary/aromatic N) is 1. The number of phenolic OH excluding ortho intramolecular Hbond substituents is 2. The summed E-state index contributed by atoms with van der Waals surface area (Å²) in [6, 6.07) is 23.6. The number of phenols is 2. The number of benzene rings is 3. The van der Waals surface area contributed by atoms with Crippen molar-refractivity contribution in [3.05, 3.63) is 78.9 Å². The molecule has 2 N–H and O–H groups in total. The van der Waals surface area contributed by atoms with E-state index in [1.54, 1.807) is 42.5 Å². The molecule has 0 aliphatic carbocycles. The molecule has 4 rings (SSSR count). The van der Waals surface area contributed by atoms with E-state index in [9.17, 15) is 10.2 Å². The van der Waals surface area contributed by atoms with Gasteiger partial charge in [0.2, 0.25) is 0 Å². The van der Waals surface area contributed by atoms with Crippen LogP contribution in [0.2, 0.25) is 0 Å². The zero-order valence-corrected chi connectivity index (χ0v) is 13.3. The third-order valence-corrected chi connectivity index (χ3v) is 4.04. The first kappa shape index (κ1) is 15.0. The Balaban J connectivity index is 1.98. The standard InChI is InChI=1S/C21H15NO3/c23-16-12-10-15(11-13-16)20-19(14-6-2-1-3-7-14)21(25-22-20)17-8-4-5-9-18(17)24/h1-13,23-24H. The zero-order valence-electron chi connectivity index (χ0n) is 13.3. The van der Waals surface area contributed by atoms with E-state index in [0.717, 1.165) is 16.7 Å². The molecule has 0 amide bonds. The Hall–Kier alpha value is -3.53. The third kappa shape index (κ3) is 2.74. The Kier molecular flexibility index (Phi) is 3.71. The van der Waals surface area contributed by atoms with E-state index in [4.69, 9.17) is 4.52 Å². The maximum Gasteiger partial charge on any atom is 0.179 e. The van der Waals surface area contributed by atoms with Gasteiger partial charge in [-0.25, -0.2) is 0 Å². The molecule has 0 spiro atoms. The summed E-state index contributed by atoms with van der Waals surface area (Å²) in [5.74, 6) is 0.829. The van der Waals surface area contributed by atoms with Crippen LogP contribution in [0.15, 0.2) is 83.4 Å². The maximum absolute atomic E-state index is 10.2. The number of rotatable bonds is 3. The summed E-state index contributed by atoms with van der Waals surface area (Å²) in [6.07, 6.45) is 0. The first-order valence-electron chi connectivity index (χ1n) is 7.87. The second-order valence-electron chi connectivity index (χ2n) is 5.67. The van der Waals surface area contributed by atoms with Crippen LogP contribution in [0.1, 0.15) is 0 Å². The van der Waals surface area contributed by atoms with Crippen molar-refractivity contribution in [1.82, 2.24) is 5.16 Å². The van der Waals surface area contributed by atoms with Gasteiger partial charge < -0.3 is 14.7 Å². The predicted molar refractivity (Wildman–Crippen MR) is 96.1 cm³/mol. The smallest absolute Gasteiger partial charge is 0.179 e. The second-order valence-corrected chi connectivity index (χ2v) is 5.67. The number of aromatic nitrogens is 1. The molecule has 122 valence electrons. The number of hydrogen-bond donors (Lipinski definition) is 2. The molecular weight excluding hydrogens is 314 g/mol. The lowest BCUT2D eigenvalue weighted by Gasteiger charge is -2.06. The van der Waals surface area contributed by atoms with Crippen molar-refractivity contribution < 1.29 is 14.7 Å². The van der Waals surface area contributed by atoms with Gasteiger partial charge in [-0.05, 0) is 42.0 Å². The normalized spacial score (nSPS) is 10.7. The van der Waals surface area contributed by atoms with E-state index < -0.39 is 0 Å². The molecule has 0 unspecified atom stereocenters. The van der Waals surface area contributed by atoms with Crippen LogP contribution in [0.3, 0.4) is 0 Å². The van der Waals surface area contributed by atoms with Gasteiger partial charge in [0.25, 0.3) is 0 Å². The molecule has 4 nitrogen and oxygen atoms in total. The van der Waals surface area contributed by atoms with E-state index >= 15 is 0 Å². The van der Waals surface area contributed by atoms with Gasteiger partial charge in [0.15, 0.2) is 5.76 Å². The van der Waals surface area contributed by atoms with E-state index in [0.29, 0.717) is 17.0 Å². The molecule has 1 heterocycles. The zero-order chi connectivity index (χ0) is 17.2. The van der Waals surface area contributed by atoms with Crippen molar-refractivity contribution in [3.63, 3.8) is 0 Å². The highest BCUT2D eigenvalue weighted by atomic mass is 16.5. The summed E-state index contributed by atoms with van der Waals surface area (Å²) < 4.78 is 5.63. The van der Waals surface area contributed by atoms with E-state index in [1.807, 2.05) is 36.4 Å². The molecule has 0 fully saturated rings. The minimum Gasteiger partial charge on any atom is -0.508 e. The topological polar surface area (TPSA) is 66.5 Å². The quantitative estimate of drug-likeness (QED) is 0.549. The van der Waals surface area contributed by atoms with E-state index in [-0.39, 0.29) is 11.5 Å². The lowest BCUT2D eigenvalue weighted by atomic mass is 9.96. The lowest BCUT2D eigenvalue weighted by molar-refractivity contribution is 0.428. The Bertz CT molecular complexity index is 1010. The molecule has 1 aromatic heterocycles. The summed E-state index contributed by atoms with van der Waals surface area (Å²) >= 11 is 0. The molecule has 0 atom stereocenters. The fraction of sp³-hybridized carbons (Fsp3) is 0. The number of aromatic hydroxyl groups is 2. The summed E-state index contributed by atoms with van der Waals surface area (Å²) in [6.45, 7) is 0.